The average Bonchev–Trinajstić information content (AvgIpc) is 3.04. The summed E-state index contributed by atoms with van der Waals surface area (Å²) in [7, 11) is 0. The number of thiophene rings is 1. The second kappa shape index (κ2) is 8.89. The summed E-state index contributed by atoms with van der Waals surface area (Å²) in [6.45, 7) is 2.33. The lowest BCUT2D eigenvalue weighted by Crippen LogP contribution is -2.38. The number of hydrogen-bond acceptors (Lipinski definition) is 3. The minimum atomic E-state index is -4.46. The van der Waals surface area contributed by atoms with Crippen molar-refractivity contribution in [2.24, 2.45) is 0 Å². The zero-order valence-corrected chi connectivity index (χ0v) is 15.8. The highest BCUT2D eigenvalue weighted by atomic mass is 32.1. The number of hydrogen-bond donors (Lipinski definition) is 1. The van der Waals surface area contributed by atoms with Crippen LogP contribution in [0, 0.1) is 0 Å². The number of carbonyl (C=O) groups is 1. The maximum atomic E-state index is 12.9. The number of likely N-dealkylation sites (tertiary alicyclic amines) is 1. The third-order valence-electron chi connectivity index (χ3n) is 4.92. The van der Waals surface area contributed by atoms with Crippen LogP contribution in [0.4, 0.5) is 13.2 Å². The third kappa shape index (κ3) is 5.32. The Balaban J connectivity index is 1.70. The van der Waals surface area contributed by atoms with Gasteiger partial charge in [-0.2, -0.15) is 24.5 Å². The van der Waals surface area contributed by atoms with E-state index in [4.69, 9.17) is 0 Å². The topological polar surface area (TPSA) is 32.3 Å². The molecule has 1 saturated heterocycles. The van der Waals surface area contributed by atoms with Gasteiger partial charge in [-0.15, -0.1) is 0 Å². The molecule has 7 heteroatoms. The average molecular weight is 396 g/mol. The molecule has 1 fully saturated rings. The molecule has 1 N–H and O–H groups in total. The van der Waals surface area contributed by atoms with Gasteiger partial charge < -0.3 is 5.32 Å². The van der Waals surface area contributed by atoms with Crippen LogP contribution in [0.2, 0.25) is 0 Å². The summed E-state index contributed by atoms with van der Waals surface area (Å²) in [6.07, 6.45) is 0.221. The summed E-state index contributed by atoms with van der Waals surface area (Å²) in [5.74, 6) is -0.476. The molecule has 3 nitrogen and oxygen atoms in total. The molecule has 2 aromatic rings. The Morgan fingerprint density at radius 1 is 1.15 bits per heavy atom. The summed E-state index contributed by atoms with van der Waals surface area (Å²) in [5, 5.41) is 6.92. The number of nitrogens with one attached hydrogen (secondary N) is 1. The predicted molar refractivity (Wildman–Crippen MR) is 101 cm³/mol. The van der Waals surface area contributed by atoms with Gasteiger partial charge in [-0.05, 0) is 66.5 Å². The summed E-state index contributed by atoms with van der Waals surface area (Å²) in [4.78, 5) is 14.8. The molecule has 1 aliphatic rings. The fourth-order valence-corrected chi connectivity index (χ4v) is 4.16. The third-order valence-corrected chi connectivity index (χ3v) is 5.62. The van der Waals surface area contributed by atoms with Gasteiger partial charge in [0, 0.05) is 12.1 Å². The van der Waals surface area contributed by atoms with E-state index < -0.39 is 17.6 Å². The van der Waals surface area contributed by atoms with Gasteiger partial charge in [-0.1, -0.05) is 18.9 Å². The van der Waals surface area contributed by atoms with E-state index >= 15 is 0 Å². The molecule has 1 atom stereocenters. The van der Waals surface area contributed by atoms with Gasteiger partial charge in [0.2, 0.25) is 0 Å². The van der Waals surface area contributed by atoms with Gasteiger partial charge in [-0.25, -0.2) is 0 Å². The van der Waals surface area contributed by atoms with E-state index in [1.807, 2.05) is 5.38 Å². The van der Waals surface area contributed by atoms with Gasteiger partial charge in [-0.3, -0.25) is 9.69 Å². The van der Waals surface area contributed by atoms with Crippen LogP contribution in [0.15, 0.2) is 41.1 Å². The lowest BCUT2D eigenvalue weighted by atomic mass is 10.1. The number of rotatable bonds is 5. The van der Waals surface area contributed by atoms with Crippen LogP contribution in [-0.2, 0) is 6.18 Å². The number of carbonyl (C=O) groups excluding carboxylic acids is 1. The van der Waals surface area contributed by atoms with Crippen LogP contribution in [0.25, 0.3) is 0 Å². The van der Waals surface area contributed by atoms with Crippen LogP contribution in [-0.4, -0.2) is 30.4 Å². The standard InChI is InChI=1S/C20H23F3N2OS/c21-20(22,23)17-7-5-6-15(12-17)19(26)24-13-18(16-8-11-27-14-16)25-9-3-1-2-4-10-25/h5-8,11-12,14,18H,1-4,9-10,13H2,(H,24,26)/t18-/m0/s1. The van der Waals surface area contributed by atoms with Crippen LogP contribution in [0.3, 0.4) is 0 Å². The van der Waals surface area contributed by atoms with Crippen molar-refractivity contribution in [2.75, 3.05) is 19.6 Å². The van der Waals surface area contributed by atoms with Crippen molar-refractivity contribution >= 4 is 17.2 Å². The highest BCUT2D eigenvalue weighted by Crippen LogP contribution is 2.30. The molecule has 2 heterocycles. The maximum absolute atomic E-state index is 12.9. The molecule has 0 radical (unpaired) electrons. The van der Waals surface area contributed by atoms with E-state index in [1.165, 1.54) is 25.0 Å². The number of nitrogens with zero attached hydrogens (tertiary/aromatic N) is 1. The lowest BCUT2D eigenvalue weighted by molar-refractivity contribution is -0.137. The molecule has 0 bridgehead atoms. The Labute approximate surface area is 161 Å². The van der Waals surface area contributed by atoms with Crippen molar-refractivity contribution in [2.45, 2.75) is 37.9 Å². The second-order valence-electron chi connectivity index (χ2n) is 6.81. The fourth-order valence-electron chi connectivity index (χ4n) is 3.46. The minimum absolute atomic E-state index is 0.0322. The van der Waals surface area contributed by atoms with E-state index in [9.17, 15) is 18.0 Å². The minimum Gasteiger partial charge on any atom is -0.350 e. The molecule has 1 aliphatic heterocycles. The Kier molecular flexibility index (Phi) is 6.55. The fraction of sp³-hybridized carbons (Fsp3) is 0.450. The van der Waals surface area contributed by atoms with Crippen molar-refractivity contribution in [1.29, 1.82) is 0 Å². The summed E-state index contributed by atoms with van der Waals surface area (Å²) in [6, 6.07) is 6.66. The van der Waals surface area contributed by atoms with Crippen LogP contribution in [0.5, 0.6) is 0 Å². The van der Waals surface area contributed by atoms with Gasteiger partial charge in [0.1, 0.15) is 0 Å². The quantitative estimate of drug-likeness (QED) is 0.761. The number of alkyl halides is 3. The van der Waals surface area contributed by atoms with Crippen molar-refractivity contribution < 1.29 is 18.0 Å². The molecule has 1 aromatic carbocycles. The van der Waals surface area contributed by atoms with E-state index in [0.29, 0.717) is 6.54 Å². The molecule has 0 saturated carbocycles. The van der Waals surface area contributed by atoms with Crippen LogP contribution < -0.4 is 5.32 Å². The lowest BCUT2D eigenvalue weighted by Gasteiger charge is -2.30. The van der Waals surface area contributed by atoms with Gasteiger partial charge in [0.05, 0.1) is 11.6 Å². The first kappa shape index (κ1) is 19.9. The Morgan fingerprint density at radius 3 is 2.52 bits per heavy atom. The molecule has 27 heavy (non-hydrogen) atoms. The number of halogens is 3. The van der Waals surface area contributed by atoms with Crippen molar-refractivity contribution in [3.8, 4) is 0 Å². The zero-order chi connectivity index (χ0) is 19.3. The van der Waals surface area contributed by atoms with E-state index in [1.54, 1.807) is 11.3 Å². The van der Waals surface area contributed by atoms with Crippen molar-refractivity contribution in [1.82, 2.24) is 10.2 Å². The van der Waals surface area contributed by atoms with Crippen LogP contribution >= 0.6 is 11.3 Å². The Bertz CT molecular complexity index is 738. The molecule has 146 valence electrons. The van der Waals surface area contributed by atoms with Crippen molar-refractivity contribution in [3.63, 3.8) is 0 Å². The summed E-state index contributed by atoms with van der Waals surface area (Å²) in [5.41, 5.74) is 0.369. The molecular formula is C20H23F3N2OS. The smallest absolute Gasteiger partial charge is 0.350 e. The Morgan fingerprint density at radius 2 is 1.89 bits per heavy atom. The molecule has 3 rings (SSSR count). The SMILES string of the molecule is O=C(NC[C@@H](c1ccsc1)N1CCCCCC1)c1cccc(C(F)(F)F)c1. The highest BCUT2D eigenvalue weighted by molar-refractivity contribution is 7.07. The highest BCUT2D eigenvalue weighted by Gasteiger charge is 2.31. The first-order valence-corrected chi connectivity index (χ1v) is 10.1. The van der Waals surface area contributed by atoms with Crippen molar-refractivity contribution in [3.05, 3.63) is 57.8 Å². The molecular weight excluding hydrogens is 373 g/mol. The van der Waals surface area contributed by atoms with Crippen LogP contribution in [0.1, 0.15) is 53.2 Å². The van der Waals surface area contributed by atoms with Gasteiger partial charge in [0.25, 0.3) is 5.91 Å². The van der Waals surface area contributed by atoms with E-state index in [0.717, 1.165) is 43.6 Å². The summed E-state index contributed by atoms with van der Waals surface area (Å²) < 4.78 is 38.6. The van der Waals surface area contributed by atoms with E-state index in [2.05, 4.69) is 21.7 Å². The molecule has 0 aliphatic carbocycles. The molecule has 0 unspecified atom stereocenters. The van der Waals surface area contributed by atoms with Gasteiger partial charge >= 0.3 is 6.18 Å². The predicted octanol–water partition coefficient (Wildman–Crippen LogP) is 5.11. The first-order valence-electron chi connectivity index (χ1n) is 9.17. The second-order valence-corrected chi connectivity index (χ2v) is 7.59. The maximum Gasteiger partial charge on any atom is 0.416 e. The monoisotopic (exact) mass is 396 g/mol. The Hall–Kier alpha value is -1.86. The molecule has 1 amide bonds. The molecule has 1 aromatic heterocycles. The largest absolute Gasteiger partial charge is 0.416 e. The normalized spacial score (nSPS) is 17.3. The van der Waals surface area contributed by atoms with Gasteiger partial charge in [0.15, 0.2) is 0 Å². The summed E-state index contributed by atoms with van der Waals surface area (Å²) >= 11 is 1.61. The van der Waals surface area contributed by atoms with E-state index in [-0.39, 0.29) is 11.6 Å². The molecule has 0 spiro atoms. The first-order chi connectivity index (χ1) is 12.9. The zero-order valence-electron chi connectivity index (χ0n) is 15.0. The number of benzene rings is 1. The number of amides is 1.